The average Bonchev–Trinajstić information content (AvgIpc) is 2.92. The minimum atomic E-state index is -4.19. The lowest BCUT2D eigenvalue weighted by molar-refractivity contribution is -0.185. The molecule has 0 heterocycles. The number of carbonyl (C=O) groups excluding carboxylic acids is 1. The molecule has 9 heteroatoms. The van der Waals surface area contributed by atoms with Gasteiger partial charge in [0.1, 0.15) is 12.4 Å². The largest absolute Gasteiger partial charge is 0.490 e. The Morgan fingerprint density at radius 1 is 0.947 bits per heavy atom. The van der Waals surface area contributed by atoms with E-state index in [1.807, 2.05) is 18.2 Å². The molecule has 0 spiro atoms. The topological polar surface area (TPSA) is 75.6 Å². The van der Waals surface area contributed by atoms with Crippen LogP contribution in [0.2, 0.25) is 0 Å². The number of halogens is 4. The lowest BCUT2D eigenvalue weighted by Gasteiger charge is -2.50. The van der Waals surface area contributed by atoms with E-state index in [4.69, 9.17) is 4.74 Å². The van der Waals surface area contributed by atoms with Crippen molar-refractivity contribution < 1.29 is 37.0 Å². The number of carboxylic acid groups (broad SMARTS) is 1. The highest BCUT2D eigenvalue weighted by Crippen LogP contribution is 2.57. The molecular weight excluding hydrogens is 502 g/mol. The second kappa shape index (κ2) is 10.0. The summed E-state index contributed by atoms with van der Waals surface area (Å²) in [6.07, 6.45) is -0.595. The maximum absolute atomic E-state index is 14.1. The molecule has 0 aromatic heterocycles. The Hall–Kier alpha value is -2.84. The van der Waals surface area contributed by atoms with E-state index in [-0.39, 0.29) is 37.7 Å². The molecule has 206 valence electrons. The summed E-state index contributed by atoms with van der Waals surface area (Å²) >= 11 is 0. The summed E-state index contributed by atoms with van der Waals surface area (Å²) in [5, 5.41) is 14.1. The first kappa shape index (κ1) is 26.8. The molecule has 2 aromatic carbocycles. The zero-order valence-corrected chi connectivity index (χ0v) is 21.2. The van der Waals surface area contributed by atoms with Crippen molar-refractivity contribution in [3.8, 4) is 5.75 Å². The zero-order chi connectivity index (χ0) is 27.1. The molecule has 4 aliphatic carbocycles. The Balaban J connectivity index is 1.23. The molecule has 0 radical (unpaired) electrons. The third kappa shape index (κ3) is 4.96. The van der Waals surface area contributed by atoms with Gasteiger partial charge in [-0.15, -0.1) is 0 Å². The van der Waals surface area contributed by atoms with Gasteiger partial charge in [-0.1, -0.05) is 18.2 Å². The molecule has 2 N–H and O–H groups in total. The molecule has 6 rings (SSSR count). The second-order valence-electron chi connectivity index (χ2n) is 11.4. The van der Waals surface area contributed by atoms with Crippen LogP contribution in [0.1, 0.15) is 75.3 Å². The fourth-order valence-electron chi connectivity index (χ4n) is 6.69. The number of nitrogens with one attached hydrogen (secondary N) is 1. The molecule has 5 nitrogen and oxygen atoms in total. The maximum atomic E-state index is 14.1. The zero-order valence-electron chi connectivity index (χ0n) is 21.2. The van der Waals surface area contributed by atoms with Crippen LogP contribution in [0, 0.1) is 16.7 Å². The Morgan fingerprint density at radius 3 is 2.16 bits per heavy atom. The summed E-state index contributed by atoms with van der Waals surface area (Å²) in [4.78, 5) is 24.8. The monoisotopic (exact) mass is 535 g/mol. The van der Waals surface area contributed by atoms with Crippen LogP contribution in [0.4, 0.5) is 17.6 Å². The van der Waals surface area contributed by atoms with Crippen molar-refractivity contribution in [1.29, 1.82) is 0 Å². The fraction of sp³-hybridized carbons (Fsp3) is 0.586. The van der Waals surface area contributed by atoms with Crippen molar-refractivity contribution in [2.24, 2.45) is 16.7 Å². The van der Waals surface area contributed by atoms with Gasteiger partial charge in [0.05, 0.1) is 17.4 Å². The van der Waals surface area contributed by atoms with E-state index in [2.05, 4.69) is 5.32 Å². The van der Waals surface area contributed by atoms with Gasteiger partial charge in [0, 0.05) is 17.5 Å². The van der Waals surface area contributed by atoms with Crippen molar-refractivity contribution in [2.75, 3.05) is 0 Å². The standard InChI is InChI=1S/C29H33F4NO4/c30-16-23-22-7-1-18(17-34-25(35)27-9-12-28(13-10-27,14-11-27)26(36)37)15-19(22)2-8-24(23)38-21-5-3-20(4-6-21)29(31,32)33/h1-2,7-8,15,20-21H,3-6,9-14,16-17H2,(H,34,35)(H,36,37). The first-order valence-corrected chi connectivity index (χ1v) is 13.4. The van der Waals surface area contributed by atoms with Gasteiger partial charge >= 0.3 is 12.1 Å². The predicted octanol–water partition coefficient (Wildman–Crippen LogP) is 6.85. The van der Waals surface area contributed by atoms with Gasteiger partial charge in [0.25, 0.3) is 0 Å². The van der Waals surface area contributed by atoms with Crippen molar-refractivity contribution >= 4 is 22.6 Å². The molecule has 0 atom stereocenters. The smallest absolute Gasteiger partial charge is 0.391 e. The molecule has 2 bridgehead atoms. The number of rotatable bonds is 7. The molecule has 4 saturated carbocycles. The Kier molecular flexibility index (Phi) is 7.07. The van der Waals surface area contributed by atoms with Gasteiger partial charge in [-0.3, -0.25) is 9.59 Å². The van der Waals surface area contributed by atoms with E-state index < -0.39 is 35.6 Å². The lowest BCUT2D eigenvalue weighted by Crippen LogP contribution is -2.52. The van der Waals surface area contributed by atoms with Gasteiger partial charge in [0.2, 0.25) is 5.91 Å². The number of carbonyl (C=O) groups is 2. The van der Waals surface area contributed by atoms with Gasteiger partial charge in [-0.25, -0.2) is 4.39 Å². The first-order chi connectivity index (χ1) is 18.1. The predicted molar refractivity (Wildman–Crippen MR) is 133 cm³/mol. The van der Waals surface area contributed by atoms with Crippen molar-refractivity contribution in [2.45, 2.75) is 89.7 Å². The minimum absolute atomic E-state index is 0.0174. The van der Waals surface area contributed by atoms with E-state index in [1.54, 1.807) is 12.1 Å². The number of fused-ring (bicyclic) bond motifs is 4. The number of hydrogen-bond donors (Lipinski definition) is 2. The highest BCUT2D eigenvalue weighted by molar-refractivity contribution is 5.89. The van der Waals surface area contributed by atoms with Crippen LogP contribution < -0.4 is 10.1 Å². The van der Waals surface area contributed by atoms with Crippen LogP contribution >= 0.6 is 0 Å². The number of ether oxygens (including phenoxy) is 1. The highest BCUT2D eigenvalue weighted by Gasteiger charge is 2.55. The summed E-state index contributed by atoms with van der Waals surface area (Å²) in [5.41, 5.74) is 0.0689. The van der Waals surface area contributed by atoms with Crippen molar-refractivity contribution in [3.05, 3.63) is 41.5 Å². The van der Waals surface area contributed by atoms with Crippen molar-refractivity contribution in [3.63, 3.8) is 0 Å². The average molecular weight is 536 g/mol. The van der Waals surface area contributed by atoms with E-state index in [1.165, 1.54) is 0 Å². The first-order valence-electron chi connectivity index (χ1n) is 13.4. The van der Waals surface area contributed by atoms with Gasteiger partial charge in [-0.05, 0) is 92.7 Å². The van der Waals surface area contributed by atoms with Gasteiger partial charge in [0.15, 0.2) is 0 Å². The van der Waals surface area contributed by atoms with Crippen LogP contribution in [-0.4, -0.2) is 29.3 Å². The van der Waals surface area contributed by atoms with Gasteiger partial charge < -0.3 is 15.2 Å². The third-order valence-electron chi connectivity index (χ3n) is 9.35. The fourth-order valence-corrected chi connectivity index (χ4v) is 6.69. The van der Waals surface area contributed by atoms with Gasteiger partial charge in [-0.2, -0.15) is 13.2 Å². The third-order valence-corrected chi connectivity index (χ3v) is 9.35. The molecule has 0 aliphatic heterocycles. The Labute approximate surface area is 218 Å². The molecule has 2 aromatic rings. The summed E-state index contributed by atoms with van der Waals surface area (Å²) in [6.45, 7) is -0.451. The summed E-state index contributed by atoms with van der Waals surface area (Å²) in [5.74, 6) is -1.72. The van der Waals surface area contributed by atoms with Crippen LogP contribution in [0.5, 0.6) is 5.75 Å². The minimum Gasteiger partial charge on any atom is -0.490 e. The van der Waals surface area contributed by atoms with Crippen molar-refractivity contribution in [1.82, 2.24) is 5.32 Å². The Bertz CT molecular complexity index is 1190. The Morgan fingerprint density at radius 2 is 1.58 bits per heavy atom. The molecule has 38 heavy (non-hydrogen) atoms. The summed E-state index contributed by atoms with van der Waals surface area (Å²) in [7, 11) is 0. The molecule has 4 fully saturated rings. The molecule has 4 aliphatic rings. The highest BCUT2D eigenvalue weighted by atomic mass is 19.4. The van der Waals surface area contributed by atoms with E-state index in [9.17, 15) is 32.3 Å². The maximum Gasteiger partial charge on any atom is 0.391 e. The number of alkyl halides is 4. The number of carboxylic acids is 1. The SMILES string of the molecule is O=C(O)C12CCC(C(=O)NCc3ccc4c(CF)c(OC5CCC(C(F)(F)F)CC5)ccc4c3)(CC1)CC2. The number of amides is 1. The van der Waals surface area contributed by atoms with Crippen LogP contribution in [-0.2, 0) is 22.8 Å². The second-order valence-corrected chi connectivity index (χ2v) is 11.4. The molecular formula is C29H33F4NO4. The van der Waals surface area contributed by atoms with Crippen LogP contribution in [0.25, 0.3) is 10.8 Å². The quantitative estimate of drug-likeness (QED) is 0.380. The van der Waals surface area contributed by atoms with E-state index in [0.29, 0.717) is 61.8 Å². The number of aliphatic carboxylic acids is 1. The molecule has 0 saturated heterocycles. The lowest BCUT2D eigenvalue weighted by atomic mass is 9.53. The summed E-state index contributed by atoms with van der Waals surface area (Å²) < 4.78 is 58.9. The number of benzene rings is 2. The van der Waals surface area contributed by atoms with Crippen LogP contribution in [0.3, 0.4) is 0 Å². The molecule has 1 amide bonds. The molecule has 0 unspecified atom stereocenters. The van der Waals surface area contributed by atoms with Crippen LogP contribution in [0.15, 0.2) is 30.3 Å². The summed E-state index contributed by atoms with van der Waals surface area (Å²) in [6, 6.07) is 8.99. The van der Waals surface area contributed by atoms with E-state index >= 15 is 0 Å². The normalized spacial score (nSPS) is 29.3. The van der Waals surface area contributed by atoms with E-state index in [0.717, 1.165) is 10.9 Å². The number of hydrogen-bond acceptors (Lipinski definition) is 3.